The van der Waals surface area contributed by atoms with Crippen LogP contribution in [0.1, 0.15) is 11.1 Å². The van der Waals surface area contributed by atoms with Crippen LogP contribution in [0.3, 0.4) is 0 Å². The lowest BCUT2D eigenvalue weighted by atomic mass is 10.1. The highest BCUT2D eigenvalue weighted by atomic mass is 15.2. The van der Waals surface area contributed by atoms with Crippen molar-refractivity contribution in [3.05, 3.63) is 71.7 Å². The molecule has 7 heteroatoms. The first kappa shape index (κ1) is 17.9. The van der Waals surface area contributed by atoms with Crippen LogP contribution in [-0.2, 0) is 14.1 Å². The quantitative estimate of drug-likeness (QED) is 0.497. The molecule has 7 nitrogen and oxygen atoms in total. The Morgan fingerprint density at radius 3 is 2.60 bits per heavy atom. The molecule has 0 aliphatic heterocycles. The SMILES string of the molecule is Cc1ccc(C#N)cc1-n1c(=N)n(C)c2cnc3ccc(-c4cnn(C)c4)cc3c21. The van der Waals surface area contributed by atoms with E-state index in [2.05, 4.69) is 22.2 Å². The van der Waals surface area contributed by atoms with Crippen molar-refractivity contribution >= 4 is 21.9 Å². The second-order valence-corrected chi connectivity index (χ2v) is 7.46. The number of nitriles is 1. The van der Waals surface area contributed by atoms with E-state index in [9.17, 15) is 5.26 Å². The van der Waals surface area contributed by atoms with Gasteiger partial charge in [0, 0.05) is 31.2 Å². The van der Waals surface area contributed by atoms with Crippen LogP contribution in [0, 0.1) is 23.7 Å². The number of nitrogens with zero attached hydrogens (tertiary/aromatic N) is 6. The summed E-state index contributed by atoms with van der Waals surface area (Å²) in [6, 6.07) is 13.9. The van der Waals surface area contributed by atoms with Gasteiger partial charge in [-0.2, -0.15) is 10.4 Å². The monoisotopic (exact) mass is 393 g/mol. The highest BCUT2D eigenvalue weighted by molar-refractivity contribution is 6.04. The number of benzene rings is 2. The number of rotatable bonds is 2. The molecule has 146 valence electrons. The van der Waals surface area contributed by atoms with E-state index >= 15 is 0 Å². The minimum Gasteiger partial charge on any atom is -0.312 e. The van der Waals surface area contributed by atoms with Crippen LogP contribution in [0.5, 0.6) is 0 Å². The second kappa shape index (κ2) is 6.42. The second-order valence-electron chi connectivity index (χ2n) is 7.46. The zero-order valence-electron chi connectivity index (χ0n) is 16.9. The molecule has 2 aromatic carbocycles. The van der Waals surface area contributed by atoms with Crippen LogP contribution in [0.25, 0.3) is 38.8 Å². The normalized spacial score (nSPS) is 11.3. The Bertz CT molecular complexity index is 1560. The van der Waals surface area contributed by atoms with E-state index in [-0.39, 0.29) is 0 Å². The van der Waals surface area contributed by atoms with Crippen molar-refractivity contribution in [2.45, 2.75) is 6.92 Å². The van der Waals surface area contributed by atoms with Gasteiger partial charge in [-0.1, -0.05) is 12.1 Å². The zero-order chi connectivity index (χ0) is 21.0. The lowest BCUT2D eigenvalue weighted by molar-refractivity contribution is 0.768. The van der Waals surface area contributed by atoms with Gasteiger partial charge in [0.2, 0.25) is 5.62 Å². The Labute approximate surface area is 172 Å². The van der Waals surface area contributed by atoms with Gasteiger partial charge in [-0.25, -0.2) is 0 Å². The van der Waals surface area contributed by atoms with Gasteiger partial charge < -0.3 is 4.57 Å². The molecule has 0 unspecified atom stereocenters. The van der Waals surface area contributed by atoms with Gasteiger partial charge >= 0.3 is 0 Å². The van der Waals surface area contributed by atoms with Gasteiger partial charge in [-0.05, 0) is 42.3 Å². The van der Waals surface area contributed by atoms with Gasteiger partial charge in [0.25, 0.3) is 0 Å². The van der Waals surface area contributed by atoms with Gasteiger partial charge in [0.15, 0.2) is 0 Å². The number of nitrogens with one attached hydrogen (secondary N) is 1. The van der Waals surface area contributed by atoms with Gasteiger partial charge in [0.1, 0.15) is 0 Å². The fraction of sp³-hybridized carbons (Fsp3) is 0.130. The Morgan fingerprint density at radius 1 is 1.03 bits per heavy atom. The number of fused-ring (bicyclic) bond motifs is 3. The maximum atomic E-state index is 9.39. The third kappa shape index (κ3) is 2.54. The van der Waals surface area contributed by atoms with Crippen LogP contribution < -0.4 is 5.62 Å². The van der Waals surface area contributed by atoms with E-state index in [0.29, 0.717) is 11.2 Å². The molecule has 1 N–H and O–H groups in total. The molecule has 5 rings (SSSR count). The molecule has 0 radical (unpaired) electrons. The van der Waals surface area contributed by atoms with Crippen LogP contribution in [-0.4, -0.2) is 23.9 Å². The van der Waals surface area contributed by atoms with E-state index < -0.39 is 0 Å². The minimum absolute atomic E-state index is 0.323. The topological polar surface area (TPSA) is 88.2 Å². The van der Waals surface area contributed by atoms with Crippen molar-refractivity contribution in [3.8, 4) is 22.9 Å². The van der Waals surface area contributed by atoms with Crippen molar-refractivity contribution in [3.63, 3.8) is 0 Å². The fourth-order valence-corrected chi connectivity index (χ4v) is 3.92. The highest BCUT2D eigenvalue weighted by Gasteiger charge is 2.17. The summed E-state index contributed by atoms with van der Waals surface area (Å²) < 4.78 is 5.50. The van der Waals surface area contributed by atoms with E-state index in [1.54, 1.807) is 16.9 Å². The average Bonchev–Trinajstić information content (AvgIpc) is 3.30. The first-order valence-electron chi connectivity index (χ1n) is 9.53. The summed E-state index contributed by atoms with van der Waals surface area (Å²) in [5.74, 6) is 0. The smallest absolute Gasteiger partial charge is 0.207 e. The van der Waals surface area contributed by atoms with E-state index in [1.165, 1.54) is 0 Å². The molecule has 0 amide bonds. The number of aryl methyl sites for hydroxylation is 3. The summed E-state index contributed by atoms with van der Waals surface area (Å²) in [5, 5.41) is 23.4. The van der Waals surface area contributed by atoms with Crippen LogP contribution in [0.15, 0.2) is 55.0 Å². The van der Waals surface area contributed by atoms with Crippen molar-refractivity contribution < 1.29 is 0 Å². The summed E-state index contributed by atoms with van der Waals surface area (Å²) in [7, 11) is 3.76. The molecule has 0 bridgehead atoms. The molecule has 0 aliphatic rings. The van der Waals surface area contributed by atoms with E-state index in [0.717, 1.165) is 44.3 Å². The predicted octanol–water partition coefficient (Wildman–Crippen LogP) is 3.58. The molecule has 0 spiro atoms. The molecule has 0 fully saturated rings. The van der Waals surface area contributed by atoms with Crippen LogP contribution >= 0.6 is 0 Å². The molecule has 30 heavy (non-hydrogen) atoms. The third-order valence-corrected chi connectivity index (χ3v) is 5.55. The predicted molar refractivity (Wildman–Crippen MR) is 115 cm³/mol. The molecule has 0 aliphatic carbocycles. The van der Waals surface area contributed by atoms with Crippen LogP contribution in [0.4, 0.5) is 0 Å². The third-order valence-electron chi connectivity index (χ3n) is 5.55. The van der Waals surface area contributed by atoms with Gasteiger partial charge in [0.05, 0.1) is 46.3 Å². The summed E-state index contributed by atoms with van der Waals surface area (Å²) in [6.45, 7) is 1.99. The number of hydrogen-bond donors (Lipinski definition) is 1. The molecule has 3 aromatic heterocycles. The van der Waals surface area contributed by atoms with Crippen molar-refractivity contribution in [2.24, 2.45) is 14.1 Å². The van der Waals surface area contributed by atoms with Gasteiger partial charge in [-0.15, -0.1) is 0 Å². The minimum atomic E-state index is 0.323. The largest absolute Gasteiger partial charge is 0.312 e. The maximum absolute atomic E-state index is 9.39. The average molecular weight is 393 g/mol. The number of imidazole rings is 1. The number of pyridine rings is 1. The maximum Gasteiger partial charge on any atom is 0.207 e. The first-order valence-corrected chi connectivity index (χ1v) is 9.53. The molecular weight excluding hydrogens is 374 g/mol. The number of hydrogen-bond acceptors (Lipinski definition) is 4. The standard InChI is InChI=1S/C23H19N7/c1-14-4-5-15(10-24)8-20(14)30-22-18-9-16(17-11-27-28(2)13-17)6-7-19(18)26-12-21(22)29(3)23(30)25/h4-9,11-13,25H,1-3H3. The van der Waals surface area contributed by atoms with Gasteiger partial charge in [-0.3, -0.25) is 19.6 Å². The summed E-state index contributed by atoms with van der Waals surface area (Å²) in [4.78, 5) is 4.62. The number of aromatic nitrogens is 5. The lowest BCUT2D eigenvalue weighted by Crippen LogP contribution is -2.21. The summed E-state index contributed by atoms with van der Waals surface area (Å²) >= 11 is 0. The molecule has 3 heterocycles. The highest BCUT2D eigenvalue weighted by Crippen LogP contribution is 2.30. The first-order chi connectivity index (χ1) is 14.5. The molecule has 0 saturated heterocycles. The molecular formula is C23H19N7. The van der Waals surface area contributed by atoms with Crippen LogP contribution in [0.2, 0.25) is 0 Å². The molecule has 5 aromatic rings. The summed E-state index contributed by atoms with van der Waals surface area (Å²) in [6.07, 6.45) is 5.62. The Morgan fingerprint density at radius 2 is 1.87 bits per heavy atom. The van der Waals surface area contributed by atoms with Crippen molar-refractivity contribution in [1.29, 1.82) is 10.7 Å². The Hall–Kier alpha value is -4.18. The Kier molecular flexibility index (Phi) is 3.83. The molecule has 0 saturated carbocycles. The lowest BCUT2D eigenvalue weighted by Gasteiger charge is -2.11. The zero-order valence-corrected chi connectivity index (χ0v) is 16.9. The van der Waals surface area contributed by atoms with E-state index in [4.69, 9.17) is 5.41 Å². The molecule has 0 atom stereocenters. The Balaban J connectivity index is 1.92. The van der Waals surface area contributed by atoms with Crippen molar-refractivity contribution in [2.75, 3.05) is 0 Å². The van der Waals surface area contributed by atoms with E-state index in [1.807, 2.05) is 66.8 Å². The van der Waals surface area contributed by atoms with Crippen molar-refractivity contribution in [1.82, 2.24) is 23.9 Å². The fourth-order valence-electron chi connectivity index (χ4n) is 3.92. The summed E-state index contributed by atoms with van der Waals surface area (Å²) in [5.41, 5.74) is 7.37.